The maximum Gasteiger partial charge on any atom is 0.254 e. The van der Waals surface area contributed by atoms with Gasteiger partial charge in [-0.05, 0) is 42.7 Å². The number of rotatable bonds is 4. The number of hydrogen-bond donors (Lipinski definition) is 1. The number of anilines is 2. The van der Waals surface area contributed by atoms with Crippen LogP contribution in [0, 0.1) is 6.92 Å². The average molecular weight is 344 g/mol. The van der Waals surface area contributed by atoms with Gasteiger partial charge in [0.05, 0.1) is 5.69 Å². The number of nitrogens with one attached hydrogen (secondary N) is 1. The fraction of sp³-hybridized carbons (Fsp3) is 0.200. The van der Waals surface area contributed by atoms with Gasteiger partial charge in [-0.1, -0.05) is 26.0 Å². The van der Waals surface area contributed by atoms with Gasteiger partial charge >= 0.3 is 0 Å². The van der Waals surface area contributed by atoms with Crippen molar-refractivity contribution in [2.75, 3.05) is 5.32 Å². The van der Waals surface area contributed by atoms with E-state index in [1.165, 1.54) is 5.56 Å². The Morgan fingerprint density at radius 1 is 1.04 bits per heavy atom. The molecule has 3 aromatic heterocycles. The number of hydrogen-bond acceptors (Lipinski definition) is 5. The highest BCUT2D eigenvalue weighted by Gasteiger charge is 2.14. The van der Waals surface area contributed by atoms with Crippen LogP contribution in [0.1, 0.15) is 31.0 Å². The fourth-order valence-corrected chi connectivity index (χ4v) is 2.76. The highest BCUT2D eigenvalue weighted by molar-refractivity contribution is 5.62. The summed E-state index contributed by atoms with van der Waals surface area (Å²) in [4.78, 5) is 13.4. The lowest BCUT2D eigenvalue weighted by Crippen LogP contribution is -2.05. The molecule has 4 aromatic rings. The van der Waals surface area contributed by atoms with Crippen molar-refractivity contribution < 1.29 is 0 Å². The lowest BCUT2D eigenvalue weighted by molar-refractivity contribution is 0.809. The van der Waals surface area contributed by atoms with Crippen molar-refractivity contribution in [2.45, 2.75) is 26.7 Å². The molecule has 3 heterocycles. The zero-order valence-corrected chi connectivity index (χ0v) is 15.0. The van der Waals surface area contributed by atoms with E-state index in [1.807, 2.05) is 30.3 Å². The number of aromatic nitrogens is 5. The molecule has 0 fully saturated rings. The third-order valence-corrected chi connectivity index (χ3v) is 4.13. The Kier molecular flexibility index (Phi) is 4.08. The van der Waals surface area contributed by atoms with E-state index in [0.717, 1.165) is 22.8 Å². The Morgan fingerprint density at radius 2 is 1.92 bits per heavy atom. The number of pyridine rings is 1. The molecule has 26 heavy (non-hydrogen) atoms. The number of fused-ring (bicyclic) bond motifs is 1. The van der Waals surface area contributed by atoms with Crippen molar-refractivity contribution >= 4 is 17.3 Å². The smallest absolute Gasteiger partial charge is 0.254 e. The summed E-state index contributed by atoms with van der Waals surface area (Å²) in [5.41, 5.74) is 4.04. The van der Waals surface area contributed by atoms with Gasteiger partial charge < -0.3 is 5.32 Å². The van der Waals surface area contributed by atoms with Gasteiger partial charge in [-0.15, -0.1) is 5.10 Å². The molecule has 0 spiro atoms. The summed E-state index contributed by atoms with van der Waals surface area (Å²) in [5.74, 6) is 2.31. The highest BCUT2D eigenvalue weighted by atomic mass is 15.4. The van der Waals surface area contributed by atoms with E-state index in [-0.39, 0.29) is 5.92 Å². The predicted molar refractivity (Wildman–Crippen MR) is 103 cm³/mol. The minimum Gasteiger partial charge on any atom is -0.340 e. The van der Waals surface area contributed by atoms with Gasteiger partial charge in [0.2, 0.25) is 0 Å². The van der Waals surface area contributed by atoms with Gasteiger partial charge in [0.1, 0.15) is 5.82 Å². The molecule has 0 amide bonds. The van der Waals surface area contributed by atoms with E-state index < -0.39 is 0 Å². The van der Waals surface area contributed by atoms with Crippen LogP contribution in [0.2, 0.25) is 0 Å². The molecule has 0 aliphatic rings. The average Bonchev–Trinajstić information content (AvgIpc) is 3.07. The molecule has 0 aliphatic heterocycles. The molecule has 0 radical (unpaired) electrons. The van der Waals surface area contributed by atoms with Gasteiger partial charge in [0.15, 0.2) is 5.82 Å². The molecule has 6 nitrogen and oxygen atoms in total. The topological polar surface area (TPSA) is 68.0 Å². The summed E-state index contributed by atoms with van der Waals surface area (Å²) in [6, 6.07) is 14.1. The van der Waals surface area contributed by atoms with Crippen LogP contribution in [0.5, 0.6) is 0 Å². The maximum absolute atomic E-state index is 4.67. The monoisotopic (exact) mass is 344 g/mol. The van der Waals surface area contributed by atoms with Crippen LogP contribution in [0.25, 0.3) is 17.2 Å². The van der Waals surface area contributed by atoms with Crippen LogP contribution in [0.4, 0.5) is 11.5 Å². The zero-order valence-electron chi connectivity index (χ0n) is 15.0. The molecule has 0 aliphatic carbocycles. The molecule has 1 N–H and O–H groups in total. The van der Waals surface area contributed by atoms with Crippen molar-refractivity contribution in [3.05, 3.63) is 66.1 Å². The molecule has 4 rings (SSSR count). The summed E-state index contributed by atoms with van der Waals surface area (Å²) in [6.07, 6.45) is 3.49. The lowest BCUT2D eigenvalue weighted by atomic mass is 10.1. The molecule has 0 saturated heterocycles. The third kappa shape index (κ3) is 3.13. The van der Waals surface area contributed by atoms with E-state index in [1.54, 1.807) is 16.9 Å². The van der Waals surface area contributed by atoms with Gasteiger partial charge in [-0.3, -0.25) is 4.98 Å². The number of aryl methyl sites for hydroxylation is 1. The summed E-state index contributed by atoms with van der Waals surface area (Å²) >= 11 is 0. The quantitative estimate of drug-likeness (QED) is 0.596. The van der Waals surface area contributed by atoms with Crippen LogP contribution in [0.3, 0.4) is 0 Å². The van der Waals surface area contributed by atoms with Gasteiger partial charge in [-0.25, -0.2) is 4.98 Å². The highest BCUT2D eigenvalue weighted by Crippen LogP contribution is 2.24. The Balaban J connectivity index is 1.85. The Hall–Kier alpha value is -3.28. The zero-order chi connectivity index (χ0) is 18.1. The second kappa shape index (κ2) is 6.55. The predicted octanol–water partition coefficient (Wildman–Crippen LogP) is 4.36. The van der Waals surface area contributed by atoms with Crippen LogP contribution in [-0.4, -0.2) is 24.6 Å². The standard InChI is InChI=1S/C20H20N6/c1-13(2)17-11-18(22-16-8-4-6-14(3)10-16)26-20(23-17)24-19(25-26)15-7-5-9-21-12-15/h4-13,22H,1-3H3. The molecular weight excluding hydrogens is 324 g/mol. The lowest BCUT2D eigenvalue weighted by Gasteiger charge is -2.11. The van der Waals surface area contributed by atoms with Crippen molar-refractivity contribution in [3.63, 3.8) is 0 Å². The first kappa shape index (κ1) is 16.2. The van der Waals surface area contributed by atoms with E-state index in [4.69, 9.17) is 0 Å². The molecular formula is C20H20N6. The maximum atomic E-state index is 4.67. The summed E-state index contributed by atoms with van der Waals surface area (Å²) < 4.78 is 1.75. The SMILES string of the molecule is Cc1cccc(Nc2cc(C(C)C)nc3nc(-c4cccnc4)nn23)c1. The first-order valence-corrected chi connectivity index (χ1v) is 8.62. The third-order valence-electron chi connectivity index (χ3n) is 4.13. The summed E-state index contributed by atoms with van der Waals surface area (Å²) in [5, 5.41) is 8.10. The van der Waals surface area contributed by atoms with Crippen LogP contribution in [0.15, 0.2) is 54.9 Å². The first-order chi connectivity index (χ1) is 12.6. The van der Waals surface area contributed by atoms with Crippen LogP contribution >= 0.6 is 0 Å². The minimum absolute atomic E-state index is 0.289. The Morgan fingerprint density at radius 3 is 2.65 bits per heavy atom. The van der Waals surface area contributed by atoms with Crippen molar-refractivity contribution in [3.8, 4) is 11.4 Å². The Bertz CT molecular complexity index is 1050. The molecule has 0 saturated carbocycles. The van der Waals surface area contributed by atoms with E-state index >= 15 is 0 Å². The summed E-state index contributed by atoms with van der Waals surface area (Å²) in [6.45, 7) is 6.31. The summed E-state index contributed by atoms with van der Waals surface area (Å²) in [7, 11) is 0. The van der Waals surface area contributed by atoms with Crippen LogP contribution < -0.4 is 5.32 Å². The van der Waals surface area contributed by atoms with Crippen molar-refractivity contribution in [1.29, 1.82) is 0 Å². The van der Waals surface area contributed by atoms with Gasteiger partial charge in [0.25, 0.3) is 5.78 Å². The Labute approximate surface area is 152 Å². The van der Waals surface area contributed by atoms with E-state index in [9.17, 15) is 0 Å². The second-order valence-corrected chi connectivity index (χ2v) is 6.60. The van der Waals surface area contributed by atoms with Crippen molar-refractivity contribution in [2.24, 2.45) is 0 Å². The van der Waals surface area contributed by atoms with E-state index in [0.29, 0.717) is 11.6 Å². The van der Waals surface area contributed by atoms with Gasteiger partial charge in [0, 0.05) is 29.7 Å². The molecule has 130 valence electrons. The largest absolute Gasteiger partial charge is 0.340 e. The first-order valence-electron chi connectivity index (χ1n) is 8.62. The molecule has 6 heteroatoms. The molecule has 0 bridgehead atoms. The number of benzene rings is 1. The van der Waals surface area contributed by atoms with Gasteiger partial charge in [-0.2, -0.15) is 9.50 Å². The molecule has 0 atom stereocenters. The van der Waals surface area contributed by atoms with Crippen LogP contribution in [-0.2, 0) is 0 Å². The minimum atomic E-state index is 0.289. The fourth-order valence-electron chi connectivity index (χ4n) is 2.76. The van der Waals surface area contributed by atoms with E-state index in [2.05, 4.69) is 58.3 Å². The second-order valence-electron chi connectivity index (χ2n) is 6.60. The number of nitrogens with zero attached hydrogens (tertiary/aromatic N) is 5. The molecule has 0 unspecified atom stereocenters. The molecule has 1 aromatic carbocycles. The normalized spacial score (nSPS) is 11.2. The van der Waals surface area contributed by atoms with Crippen molar-refractivity contribution in [1.82, 2.24) is 24.6 Å².